The van der Waals surface area contributed by atoms with Crippen LogP contribution < -0.4 is 20.5 Å². The van der Waals surface area contributed by atoms with Crippen LogP contribution in [0, 0.1) is 6.92 Å². The minimum Gasteiger partial charge on any atom is -0.493 e. The average Bonchev–Trinajstić information content (AvgIpc) is 3.20. The molecule has 0 aliphatic carbocycles. The molecule has 0 fully saturated rings. The third-order valence-corrected chi connectivity index (χ3v) is 4.63. The van der Waals surface area contributed by atoms with E-state index in [2.05, 4.69) is 15.5 Å². The second-order valence-corrected chi connectivity index (χ2v) is 6.56. The Balaban J connectivity index is 1.66. The minimum atomic E-state index is -0.495. The van der Waals surface area contributed by atoms with Crippen LogP contribution in [0.15, 0.2) is 59.8 Å². The topological polar surface area (TPSA) is 100 Å². The van der Waals surface area contributed by atoms with Gasteiger partial charge < -0.3 is 9.47 Å². The number of nitrogens with one attached hydrogen (secondary N) is 1. The first-order valence-corrected chi connectivity index (χ1v) is 9.07. The Bertz CT molecular complexity index is 1290. The third kappa shape index (κ3) is 3.37. The summed E-state index contributed by atoms with van der Waals surface area (Å²) in [6.07, 6.45) is 2.69. The molecular weight excluding hydrogens is 386 g/mol. The van der Waals surface area contributed by atoms with Crippen LogP contribution in [-0.4, -0.2) is 39.6 Å². The van der Waals surface area contributed by atoms with Crippen LogP contribution in [-0.2, 0) is 0 Å². The van der Waals surface area contributed by atoms with Gasteiger partial charge in [0.2, 0.25) is 0 Å². The quantitative estimate of drug-likeness (QED) is 0.547. The van der Waals surface area contributed by atoms with E-state index in [1.807, 2.05) is 31.2 Å². The summed E-state index contributed by atoms with van der Waals surface area (Å²) in [5.41, 5.74) is 4.70. The maximum Gasteiger partial charge on any atom is 0.283 e. The molecule has 0 spiro atoms. The first kappa shape index (κ1) is 19.2. The van der Waals surface area contributed by atoms with Crippen molar-refractivity contribution in [1.82, 2.24) is 19.4 Å². The lowest BCUT2D eigenvalue weighted by atomic mass is 10.2. The van der Waals surface area contributed by atoms with Crippen LogP contribution >= 0.6 is 0 Å². The highest BCUT2D eigenvalue weighted by molar-refractivity contribution is 6.00. The zero-order valence-electron chi connectivity index (χ0n) is 16.6. The van der Waals surface area contributed by atoms with Crippen molar-refractivity contribution < 1.29 is 14.3 Å². The van der Waals surface area contributed by atoms with Gasteiger partial charge in [-0.3, -0.25) is 15.0 Å². The minimum absolute atomic E-state index is 0.283. The Morgan fingerprint density at radius 1 is 1.03 bits per heavy atom. The molecule has 2 aromatic heterocycles. The maximum absolute atomic E-state index is 12.8. The number of hydrogen-bond acceptors (Lipinski definition) is 6. The van der Waals surface area contributed by atoms with Gasteiger partial charge >= 0.3 is 0 Å². The SMILES string of the molecule is COc1ccc(C(=O)Nn2cnc3c(cnn3-c3ccc(C)cc3)c2=O)cc1OC. The van der Waals surface area contributed by atoms with Crippen molar-refractivity contribution in [2.75, 3.05) is 19.6 Å². The number of ether oxygens (including phenoxy) is 2. The number of rotatable bonds is 5. The van der Waals surface area contributed by atoms with Gasteiger partial charge in [-0.1, -0.05) is 17.7 Å². The molecule has 0 bridgehead atoms. The number of carbonyl (C=O) groups is 1. The Morgan fingerprint density at radius 3 is 2.47 bits per heavy atom. The summed E-state index contributed by atoms with van der Waals surface area (Å²) >= 11 is 0. The van der Waals surface area contributed by atoms with Crippen molar-refractivity contribution in [2.24, 2.45) is 0 Å². The molecule has 1 N–H and O–H groups in total. The molecule has 1 amide bonds. The van der Waals surface area contributed by atoms with E-state index in [1.165, 1.54) is 32.8 Å². The van der Waals surface area contributed by atoms with Gasteiger partial charge in [-0.25, -0.2) is 14.3 Å². The van der Waals surface area contributed by atoms with Crippen LogP contribution in [0.4, 0.5) is 0 Å². The largest absolute Gasteiger partial charge is 0.493 e. The molecule has 30 heavy (non-hydrogen) atoms. The second kappa shape index (κ2) is 7.70. The van der Waals surface area contributed by atoms with E-state index in [4.69, 9.17) is 9.47 Å². The van der Waals surface area contributed by atoms with Gasteiger partial charge in [-0.15, -0.1) is 0 Å². The standard InChI is InChI=1S/C21H19N5O4/c1-13-4-7-15(8-5-13)26-19-16(11-23-26)21(28)25(12-22-19)24-20(27)14-6-9-17(29-2)18(10-14)30-3/h4-12H,1-3H3,(H,24,27). The van der Waals surface area contributed by atoms with Gasteiger partial charge in [0.15, 0.2) is 17.1 Å². The molecule has 0 saturated heterocycles. The maximum atomic E-state index is 12.8. The Morgan fingerprint density at radius 2 is 1.77 bits per heavy atom. The van der Waals surface area contributed by atoms with Crippen molar-refractivity contribution in [3.63, 3.8) is 0 Å². The number of hydrogen-bond donors (Lipinski definition) is 1. The van der Waals surface area contributed by atoms with Gasteiger partial charge in [0.25, 0.3) is 11.5 Å². The summed E-state index contributed by atoms with van der Waals surface area (Å²) in [6.45, 7) is 1.99. The average molecular weight is 405 g/mol. The van der Waals surface area contributed by atoms with Crippen LogP contribution in [0.25, 0.3) is 16.7 Å². The fourth-order valence-corrected chi connectivity index (χ4v) is 3.02. The molecule has 0 atom stereocenters. The second-order valence-electron chi connectivity index (χ2n) is 6.56. The molecule has 0 unspecified atom stereocenters. The molecule has 4 rings (SSSR count). The van der Waals surface area contributed by atoms with Gasteiger partial charge in [0.1, 0.15) is 11.7 Å². The highest BCUT2D eigenvalue weighted by atomic mass is 16.5. The van der Waals surface area contributed by atoms with Crippen LogP contribution in [0.2, 0.25) is 0 Å². The summed E-state index contributed by atoms with van der Waals surface area (Å²) < 4.78 is 13.0. The molecule has 0 saturated carbocycles. The van der Waals surface area contributed by atoms with E-state index in [0.717, 1.165) is 15.9 Å². The number of methoxy groups -OCH3 is 2. The zero-order valence-corrected chi connectivity index (χ0v) is 16.6. The van der Waals surface area contributed by atoms with Gasteiger partial charge in [-0.2, -0.15) is 5.10 Å². The summed E-state index contributed by atoms with van der Waals surface area (Å²) in [4.78, 5) is 29.8. The first-order valence-electron chi connectivity index (χ1n) is 9.07. The monoisotopic (exact) mass is 405 g/mol. The van der Waals surface area contributed by atoms with Gasteiger partial charge in [0.05, 0.1) is 26.1 Å². The normalized spacial score (nSPS) is 10.8. The molecule has 0 aliphatic heterocycles. The summed E-state index contributed by atoms with van der Waals surface area (Å²) in [5, 5.41) is 4.56. The van der Waals surface area contributed by atoms with Crippen molar-refractivity contribution in [3.8, 4) is 17.2 Å². The number of amides is 1. The van der Waals surface area contributed by atoms with Crippen molar-refractivity contribution in [1.29, 1.82) is 0 Å². The van der Waals surface area contributed by atoms with Crippen LogP contribution in [0.5, 0.6) is 11.5 Å². The zero-order chi connectivity index (χ0) is 21.3. The highest BCUT2D eigenvalue weighted by Gasteiger charge is 2.15. The highest BCUT2D eigenvalue weighted by Crippen LogP contribution is 2.27. The number of carbonyl (C=O) groups excluding carboxylic acids is 1. The van der Waals surface area contributed by atoms with Crippen LogP contribution in [0.1, 0.15) is 15.9 Å². The van der Waals surface area contributed by atoms with Crippen LogP contribution in [0.3, 0.4) is 0 Å². The lowest BCUT2D eigenvalue weighted by Crippen LogP contribution is -2.33. The number of aryl methyl sites for hydroxylation is 1. The Hall–Kier alpha value is -4.14. The van der Waals surface area contributed by atoms with E-state index in [1.54, 1.807) is 16.8 Å². The predicted molar refractivity (Wildman–Crippen MR) is 111 cm³/mol. The lowest BCUT2D eigenvalue weighted by molar-refractivity contribution is 0.101. The molecule has 2 heterocycles. The smallest absolute Gasteiger partial charge is 0.283 e. The molecular formula is C21H19N5O4. The lowest BCUT2D eigenvalue weighted by Gasteiger charge is -2.11. The van der Waals surface area contributed by atoms with E-state index in [-0.39, 0.29) is 5.39 Å². The Labute approximate surface area is 171 Å². The number of benzene rings is 2. The van der Waals surface area contributed by atoms with E-state index in [0.29, 0.717) is 22.7 Å². The molecule has 152 valence electrons. The van der Waals surface area contributed by atoms with E-state index < -0.39 is 11.5 Å². The molecule has 2 aromatic carbocycles. The van der Waals surface area contributed by atoms with Crippen molar-refractivity contribution in [2.45, 2.75) is 6.92 Å². The number of nitrogens with zero attached hydrogens (tertiary/aromatic N) is 4. The Kier molecular flexibility index (Phi) is 4.93. The molecule has 9 nitrogen and oxygen atoms in total. The van der Waals surface area contributed by atoms with Gasteiger partial charge in [-0.05, 0) is 37.3 Å². The van der Waals surface area contributed by atoms with Gasteiger partial charge in [0, 0.05) is 5.56 Å². The van der Waals surface area contributed by atoms with E-state index in [9.17, 15) is 9.59 Å². The third-order valence-electron chi connectivity index (χ3n) is 4.63. The predicted octanol–water partition coefficient (Wildman–Crippen LogP) is 2.29. The fraction of sp³-hybridized carbons (Fsp3) is 0.143. The first-order chi connectivity index (χ1) is 14.5. The summed E-state index contributed by atoms with van der Waals surface area (Å²) in [6, 6.07) is 12.4. The van der Waals surface area contributed by atoms with Crippen molar-refractivity contribution >= 4 is 16.9 Å². The summed E-state index contributed by atoms with van der Waals surface area (Å²) in [7, 11) is 2.99. The number of fused-ring (bicyclic) bond motifs is 1. The van der Waals surface area contributed by atoms with Crippen molar-refractivity contribution in [3.05, 3.63) is 76.5 Å². The summed E-state index contributed by atoms with van der Waals surface area (Å²) in [5.74, 6) is 0.411. The fourth-order valence-electron chi connectivity index (χ4n) is 3.02. The molecule has 0 aliphatic rings. The molecule has 0 radical (unpaired) electrons. The van der Waals surface area contributed by atoms with E-state index >= 15 is 0 Å². The molecule has 4 aromatic rings. The molecule has 9 heteroatoms. The number of aromatic nitrogens is 4.